The molecule has 2 aromatic rings. The lowest BCUT2D eigenvalue weighted by Crippen LogP contribution is -2.46. The first-order chi connectivity index (χ1) is 17.1. The van der Waals surface area contributed by atoms with E-state index in [1.165, 1.54) is 31.3 Å². The van der Waals surface area contributed by atoms with Crippen LogP contribution in [0.4, 0.5) is 5.82 Å². The van der Waals surface area contributed by atoms with Crippen molar-refractivity contribution in [2.75, 3.05) is 19.5 Å². The van der Waals surface area contributed by atoms with Gasteiger partial charge in [0, 0.05) is 11.1 Å². The summed E-state index contributed by atoms with van der Waals surface area (Å²) in [6.45, 7) is 0.715. The molecule has 4 N–H and O–H groups in total. The molecule has 0 aliphatic carbocycles. The van der Waals surface area contributed by atoms with Crippen LogP contribution in [0, 0.1) is 0 Å². The van der Waals surface area contributed by atoms with Gasteiger partial charge in [0.05, 0.1) is 7.11 Å². The number of esters is 1. The summed E-state index contributed by atoms with van der Waals surface area (Å²) in [7, 11) is -1.56. The normalized spacial score (nSPS) is 24.5. The van der Waals surface area contributed by atoms with Crippen molar-refractivity contribution in [1.82, 2.24) is 9.55 Å². The maximum absolute atomic E-state index is 12.3. The number of rotatable bonds is 9. The molecular formula is C19H22N7O9P. The van der Waals surface area contributed by atoms with Crippen LogP contribution in [-0.4, -0.2) is 63.4 Å². The van der Waals surface area contributed by atoms with E-state index in [9.17, 15) is 24.7 Å². The van der Waals surface area contributed by atoms with E-state index < -0.39 is 56.6 Å². The summed E-state index contributed by atoms with van der Waals surface area (Å²) >= 11 is 0. The van der Waals surface area contributed by atoms with E-state index in [2.05, 4.69) is 24.5 Å². The fourth-order valence-corrected chi connectivity index (χ4v) is 3.96. The number of carbonyl (C=O) groups excluding carboxylic acids is 1. The maximum Gasteiger partial charge on any atom is 0.395 e. The van der Waals surface area contributed by atoms with Crippen molar-refractivity contribution in [3.05, 3.63) is 57.5 Å². The zero-order valence-corrected chi connectivity index (χ0v) is 19.8. The monoisotopic (exact) mass is 523 g/mol. The molecule has 6 atom stereocenters. The lowest BCUT2D eigenvalue weighted by atomic mass is 10.1. The Morgan fingerprint density at radius 3 is 2.75 bits per heavy atom. The van der Waals surface area contributed by atoms with E-state index in [0.29, 0.717) is 0 Å². The zero-order valence-electron chi connectivity index (χ0n) is 18.9. The van der Waals surface area contributed by atoms with Crippen LogP contribution in [0.1, 0.15) is 13.2 Å². The topological polar surface area (TPSA) is 240 Å². The number of para-hydroxylation sites is 2. The summed E-state index contributed by atoms with van der Waals surface area (Å²) in [6.07, 6.45) is -3.85. The maximum atomic E-state index is 12.3. The Morgan fingerprint density at radius 1 is 1.42 bits per heavy atom. The first-order valence-corrected chi connectivity index (χ1v) is 11.4. The number of anilines is 1. The van der Waals surface area contributed by atoms with Crippen LogP contribution >= 0.6 is 8.17 Å². The third-order valence-electron chi connectivity index (χ3n) is 5.01. The van der Waals surface area contributed by atoms with Crippen molar-refractivity contribution < 1.29 is 38.6 Å². The molecule has 0 spiro atoms. The lowest BCUT2D eigenvalue weighted by molar-refractivity contribution is -0.169. The number of benzene rings is 1. The number of hydrogen-bond donors (Lipinski definition) is 3. The predicted molar refractivity (Wildman–Crippen MR) is 120 cm³/mol. The van der Waals surface area contributed by atoms with Crippen molar-refractivity contribution in [3.63, 3.8) is 0 Å². The standard InChI is InChI=1S/C19H22N7O9P/c1-10(17(29)32-2)23-36(31)35-12-6-4-3-5-11(12)33-9-19(24-25-21)15(28)14(27)16(34-19)26-8-7-13(20)22-18(26)30/h3-8,10,14-16,27-28H,9H2,1-2H3,(H2,20,22,30)/t10-,14+,15-,16+,19+/m0/s1. The molecule has 2 heterocycles. The number of azide groups is 1. The minimum atomic E-state index is -2.71. The Morgan fingerprint density at radius 2 is 2.11 bits per heavy atom. The highest BCUT2D eigenvalue weighted by Crippen LogP contribution is 2.40. The van der Waals surface area contributed by atoms with Gasteiger partial charge in [0.15, 0.2) is 18.0 Å². The van der Waals surface area contributed by atoms with Crippen LogP contribution in [0.25, 0.3) is 10.4 Å². The fourth-order valence-electron chi connectivity index (χ4n) is 3.21. The fraction of sp³-hybridized carbons (Fsp3) is 0.421. The van der Waals surface area contributed by atoms with E-state index in [-0.39, 0.29) is 17.3 Å². The second-order valence-electron chi connectivity index (χ2n) is 7.40. The molecule has 17 heteroatoms. The van der Waals surface area contributed by atoms with Gasteiger partial charge in [-0.3, -0.25) is 9.09 Å². The van der Waals surface area contributed by atoms with Gasteiger partial charge < -0.3 is 35.1 Å². The number of nitrogens with two attached hydrogens (primary N) is 1. The van der Waals surface area contributed by atoms with E-state index >= 15 is 0 Å². The minimum absolute atomic E-state index is 0.0191. The number of nitrogen functional groups attached to an aromatic ring is 1. The third-order valence-corrected chi connectivity index (χ3v) is 5.90. The van der Waals surface area contributed by atoms with E-state index in [0.717, 1.165) is 11.7 Å². The molecule has 1 aromatic heterocycles. The number of hydrogen-bond acceptors (Lipinski definition) is 13. The van der Waals surface area contributed by atoms with Gasteiger partial charge in [0.25, 0.3) is 0 Å². The third kappa shape index (κ3) is 5.71. The van der Waals surface area contributed by atoms with Crippen molar-refractivity contribution >= 4 is 20.0 Å². The van der Waals surface area contributed by atoms with Crippen molar-refractivity contribution in [2.24, 2.45) is 9.86 Å². The highest BCUT2D eigenvalue weighted by molar-refractivity contribution is 7.34. The summed E-state index contributed by atoms with van der Waals surface area (Å²) in [5.41, 5.74) is 11.5. The second-order valence-corrected chi connectivity index (χ2v) is 8.29. The molecule has 1 aliphatic rings. The van der Waals surface area contributed by atoms with E-state index in [1.54, 1.807) is 12.1 Å². The molecule has 1 fully saturated rings. The number of aliphatic hydroxyl groups is 2. The van der Waals surface area contributed by atoms with Gasteiger partial charge in [0.1, 0.15) is 24.6 Å². The van der Waals surface area contributed by atoms with Gasteiger partial charge in [0.2, 0.25) is 11.5 Å². The molecular weight excluding hydrogens is 501 g/mol. The highest BCUT2D eigenvalue weighted by atomic mass is 31.1. The quantitative estimate of drug-likeness (QED) is 0.129. The van der Waals surface area contributed by atoms with Crippen molar-refractivity contribution in [2.45, 2.75) is 37.1 Å². The molecule has 0 amide bonds. The Bertz CT molecular complexity index is 1250. The number of nitrogens with zero attached hydrogens (tertiary/aromatic N) is 6. The number of aliphatic hydroxyl groups excluding tert-OH is 2. The Kier molecular flexibility index (Phi) is 8.42. The van der Waals surface area contributed by atoms with E-state index in [4.69, 9.17) is 25.3 Å². The van der Waals surface area contributed by atoms with Gasteiger partial charge in [-0.2, -0.15) is 4.98 Å². The van der Waals surface area contributed by atoms with Crippen LogP contribution < -0.4 is 25.6 Å². The SMILES string of the molecule is COC(=O)[C@H](C)/N=[P+](\[O-])Oc1ccccc1OC[C@@]1(N=[N+]=[N-])O[C@@H](n2ccc(N)nc2=O)[C@H](O)[C@@H]1O. The van der Waals surface area contributed by atoms with Crippen LogP contribution in [0.5, 0.6) is 11.5 Å². The number of aromatic nitrogens is 2. The molecule has 1 aliphatic heterocycles. The van der Waals surface area contributed by atoms with Crippen LogP contribution in [0.2, 0.25) is 0 Å². The smallest absolute Gasteiger partial charge is 0.395 e. The van der Waals surface area contributed by atoms with Gasteiger partial charge >= 0.3 is 19.8 Å². The van der Waals surface area contributed by atoms with Gasteiger partial charge in [-0.25, -0.2) is 9.59 Å². The highest BCUT2D eigenvalue weighted by Gasteiger charge is 2.56. The number of ether oxygens (including phenoxy) is 3. The van der Waals surface area contributed by atoms with E-state index in [1.807, 2.05) is 0 Å². The molecule has 1 aromatic carbocycles. The van der Waals surface area contributed by atoms with Gasteiger partial charge in [-0.05, 0) is 30.7 Å². The Balaban J connectivity index is 1.84. The van der Waals surface area contributed by atoms with Crippen molar-refractivity contribution in [3.8, 4) is 11.5 Å². The molecule has 0 saturated carbocycles. The first-order valence-electron chi connectivity index (χ1n) is 10.2. The number of carbonyl (C=O) groups is 1. The predicted octanol–water partition coefficient (Wildman–Crippen LogP) is -0.0422. The van der Waals surface area contributed by atoms with Crippen LogP contribution in [0.15, 0.2) is 51.2 Å². The molecule has 0 bridgehead atoms. The van der Waals surface area contributed by atoms with Gasteiger partial charge in [-0.15, -0.1) is 0 Å². The molecule has 1 saturated heterocycles. The van der Waals surface area contributed by atoms with Gasteiger partial charge in [-0.1, -0.05) is 22.0 Å². The molecule has 16 nitrogen and oxygen atoms in total. The average Bonchev–Trinajstić information content (AvgIpc) is 3.08. The summed E-state index contributed by atoms with van der Waals surface area (Å²) in [5.74, 6) is -0.858. The summed E-state index contributed by atoms with van der Waals surface area (Å²) < 4.78 is 25.6. The summed E-state index contributed by atoms with van der Waals surface area (Å²) in [6, 6.07) is 6.12. The number of methoxy groups -OCH3 is 1. The Hall–Kier alpha value is -3.78. The van der Waals surface area contributed by atoms with Crippen LogP contribution in [-0.2, 0) is 14.3 Å². The first kappa shape index (κ1) is 26.8. The minimum Gasteiger partial charge on any atom is -0.575 e. The molecule has 192 valence electrons. The second kappa shape index (κ2) is 11.3. The lowest BCUT2D eigenvalue weighted by Gasteiger charge is -2.26. The molecule has 1 unspecified atom stereocenters. The Labute approximate surface area is 204 Å². The average molecular weight is 523 g/mol. The largest absolute Gasteiger partial charge is 0.575 e. The summed E-state index contributed by atoms with van der Waals surface area (Å²) in [4.78, 5) is 42.1. The zero-order chi connectivity index (χ0) is 26.5. The summed E-state index contributed by atoms with van der Waals surface area (Å²) in [5, 5.41) is 24.7. The van der Waals surface area contributed by atoms with Crippen LogP contribution in [0.3, 0.4) is 0 Å². The molecule has 36 heavy (non-hydrogen) atoms. The van der Waals surface area contributed by atoms with Crippen molar-refractivity contribution in [1.29, 1.82) is 0 Å². The molecule has 0 radical (unpaired) electrons. The molecule has 3 rings (SSSR count).